The number of carboxylic acids is 1. The first-order valence-corrected chi connectivity index (χ1v) is 6.28. The number of aryl methyl sites for hydroxylation is 2. The number of aromatic nitrogens is 1. The van der Waals surface area contributed by atoms with Crippen LogP contribution in [-0.4, -0.2) is 16.1 Å². The number of nitrogen functional groups attached to an aromatic ring is 1. The van der Waals surface area contributed by atoms with E-state index in [4.69, 9.17) is 15.6 Å². The Morgan fingerprint density at radius 3 is 2.70 bits per heavy atom. The summed E-state index contributed by atoms with van der Waals surface area (Å²) in [5.41, 5.74) is 7.88. The SMILES string of the molecule is CCc1nc(C)ccc1Oc1cc(N)ccc1C(=O)O. The van der Waals surface area contributed by atoms with Crippen LogP contribution in [0.5, 0.6) is 11.5 Å². The second kappa shape index (κ2) is 5.61. The van der Waals surface area contributed by atoms with Gasteiger partial charge in [-0.25, -0.2) is 4.79 Å². The number of benzene rings is 1. The van der Waals surface area contributed by atoms with Crippen LogP contribution in [0.1, 0.15) is 28.7 Å². The fraction of sp³-hybridized carbons (Fsp3) is 0.200. The number of nitrogens with two attached hydrogens (primary N) is 1. The molecule has 0 spiro atoms. The van der Waals surface area contributed by atoms with Gasteiger partial charge in [0, 0.05) is 17.4 Å². The summed E-state index contributed by atoms with van der Waals surface area (Å²) in [5.74, 6) is -0.290. The molecule has 5 heteroatoms. The number of pyridine rings is 1. The lowest BCUT2D eigenvalue weighted by molar-refractivity contribution is 0.0694. The van der Waals surface area contributed by atoms with Crippen LogP contribution < -0.4 is 10.5 Å². The molecule has 0 aliphatic heterocycles. The molecule has 0 atom stereocenters. The number of hydrogen-bond acceptors (Lipinski definition) is 4. The highest BCUT2D eigenvalue weighted by Crippen LogP contribution is 2.29. The van der Waals surface area contributed by atoms with Crippen LogP contribution in [0.25, 0.3) is 0 Å². The Balaban J connectivity index is 2.44. The van der Waals surface area contributed by atoms with Crippen LogP contribution in [0, 0.1) is 6.92 Å². The molecule has 1 aromatic carbocycles. The monoisotopic (exact) mass is 272 g/mol. The number of anilines is 1. The summed E-state index contributed by atoms with van der Waals surface area (Å²) in [7, 11) is 0. The number of aromatic carboxylic acids is 1. The van der Waals surface area contributed by atoms with Gasteiger partial charge in [-0.05, 0) is 37.6 Å². The predicted molar refractivity (Wildman–Crippen MR) is 76.2 cm³/mol. The summed E-state index contributed by atoms with van der Waals surface area (Å²) in [5, 5.41) is 9.17. The summed E-state index contributed by atoms with van der Waals surface area (Å²) in [6, 6.07) is 8.07. The molecule has 0 bridgehead atoms. The van der Waals surface area contributed by atoms with E-state index in [2.05, 4.69) is 4.98 Å². The van der Waals surface area contributed by atoms with Crippen molar-refractivity contribution in [2.45, 2.75) is 20.3 Å². The summed E-state index contributed by atoms with van der Waals surface area (Å²) in [4.78, 5) is 15.6. The maximum absolute atomic E-state index is 11.2. The third kappa shape index (κ3) is 2.88. The van der Waals surface area contributed by atoms with Crippen molar-refractivity contribution >= 4 is 11.7 Å². The number of carboxylic acid groups (broad SMARTS) is 1. The molecule has 0 aliphatic carbocycles. The highest BCUT2D eigenvalue weighted by atomic mass is 16.5. The Morgan fingerprint density at radius 1 is 1.30 bits per heavy atom. The molecule has 0 fully saturated rings. The van der Waals surface area contributed by atoms with Crippen molar-refractivity contribution in [2.24, 2.45) is 0 Å². The van der Waals surface area contributed by atoms with Crippen molar-refractivity contribution < 1.29 is 14.6 Å². The minimum Gasteiger partial charge on any atom is -0.478 e. The van der Waals surface area contributed by atoms with Gasteiger partial charge in [-0.1, -0.05) is 6.92 Å². The second-order valence-corrected chi connectivity index (χ2v) is 4.41. The van der Waals surface area contributed by atoms with Gasteiger partial charge >= 0.3 is 5.97 Å². The molecule has 0 radical (unpaired) electrons. The number of carbonyl (C=O) groups is 1. The molecule has 2 rings (SSSR count). The van der Waals surface area contributed by atoms with Crippen molar-refractivity contribution in [3.05, 3.63) is 47.3 Å². The quantitative estimate of drug-likeness (QED) is 0.835. The first-order chi connectivity index (χ1) is 9.51. The van der Waals surface area contributed by atoms with Gasteiger partial charge in [0.1, 0.15) is 17.1 Å². The third-order valence-corrected chi connectivity index (χ3v) is 2.86. The maximum Gasteiger partial charge on any atom is 0.339 e. The minimum atomic E-state index is -1.06. The van der Waals surface area contributed by atoms with Crippen LogP contribution in [0.2, 0.25) is 0 Å². The van der Waals surface area contributed by atoms with Gasteiger partial charge in [0.15, 0.2) is 0 Å². The molecule has 0 saturated heterocycles. The fourth-order valence-electron chi connectivity index (χ4n) is 1.86. The lowest BCUT2D eigenvalue weighted by Gasteiger charge is -2.12. The first kappa shape index (κ1) is 13.9. The summed E-state index contributed by atoms with van der Waals surface area (Å²) in [6.45, 7) is 3.86. The minimum absolute atomic E-state index is 0.0711. The summed E-state index contributed by atoms with van der Waals surface area (Å²) in [6.07, 6.45) is 0.696. The van der Waals surface area contributed by atoms with Crippen molar-refractivity contribution in [2.75, 3.05) is 5.73 Å². The van der Waals surface area contributed by atoms with Crippen LogP contribution in [0.3, 0.4) is 0 Å². The Hall–Kier alpha value is -2.56. The highest BCUT2D eigenvalue weighted by Gasteiger charge is 2.14. The van der Waals surface area contributed by atoms with Crippen LogP contribution in [0.4, 0.5) is 5.69 Å². The molecule has 0 aliphatic rings. The lowest BCUT2D eigenvalue weighted by atomic mass is 10.2. The Labute approximate surface area is 117 Å². The van der Waals surface area contributed by atoms with Gasteiger partial charge in [0.25, 0.3) is 0 Å². The van der Waals surface area contributed by atoms with Crippen molar-refractivity contribution in [1.82, 2.24) is 4.98 Å². The summed E-state index contributed by atoms with van der Waals surface area (Å²) >= 11 is 0. The molecule has 0 amide bonds. The van der Waals surface area contributed by atoms with E-state index in [1.807, 2.05) is 19.9 Å². The van der Waals surface area contributed by atoms with E-state index in [0.717, 1.165) is 11.4 Å². The van der Waals surface area contributed by atoms with Crippen LogP contribution >= 0.6 is 0 Å². The van der Waals surface area contributed by atoms with Gasteiger partial charge in [0.05, 0.1) is 5.69 Å². The molecule has 2 aromatic rings. The molecule has 20 heavy (non-hydrogen) atoms. The van der Waals surface area contributed by atoms with Gasteiger partial charge in [-0.15, -0.1) is 0 Å². The standard InChI is InChI=1S/C15H16N2O3/c1-3-12-13(7-4-9(2)17-12)20-14-8-10(16)5-6-11(14)15(18)19/h4-8H,3,16H2,1-2H3,(H,18,19). The van der Waals surface area contributed by atoms with Gasteiger partial charge in [0.2, 0.25) is 0 Å². The van der Waals surface area contributed by atoms with E-state index in [1.165, 1.54) is 18.2 Å². The zero-order chi connectivity index (χ0) is 14.7. The number of rotatable bonds is 4. The van der Waals surface area contributed by atoms with Gasteiger partial charge in [-0.3, -0.25) is 4.98 Å². The molecular formula is C15H16N2O3. The molecule has 0 saturated carbocycles. The van der Waals surface area contributed by atoms with E-state index in [9.17, 15) is 4.79 Å². The molecule has 1 heterocycles. The van der Waals surface area contributed by atoms with E-state index >= 15 is 0 Å². The van der Waals surface area contributed by atoms with Crippen LogP contribution in [-0.2, 0) is 6.42 Å². The molecule has 3 N–H and O–H groups in total. The molecular weight excluding hydrogens is 256 g/mol. The van der Waals surface area contributed by atoms with Gasteiger partial charge in [-0.2, -0.15) is 0 Å². The van der Waals surface area contributed by atoms with Crippen molar-refractivity contribution in [3.63, 3.8) is 0 Å². The topological polar surface area (TPSA) is 85.4 Å². The molecule has 0 unspecified atom stereocenters. The average molecular weight is 272 g/mol. The van der Waals surface area contributed by atoms with Crippen LogP contribution in [0.15, 0.2) is 30.3 Å². The number of hydrogen-bond donors (Lipinski definition) is 2. The maximum atomic E-state index is 11.2. The molecule has 104 valence electrons. The fourth-order valence-corrected chi connectivity index (χ4v) is 1.86. The highest BCUT2D eigenvalue weighted by molar-refractivity contribution is 5.91. The predicted octanol–water partition coefficient (Wildman–Crippen LogP) is 3.03. The lowest BCUT2D eigenvalue weighted by Crippen LogP contribution is -2.03. The Morgan fingerprint density at radius 2 is 2.05 bits per heavy atom. The zero-order valence-electron chi connectivity index (χ0n) is 11.4. The number of nitrogens with zero attached hydrogens (tertiary/aromatic N) is 1. The van der Waals surface area contributed by atoms with E-state index in [1.54, 1.807) is 6.07 Å². The first-order valence-electron chi connectivity index (χ1n) is 6.28. The van der Waals surface area contributed by atoms with Crippen molar-refractivity contribution in [1.29, 1.82) is 0 Å². The van der Waals surface area contributed by atoms with E-state index in [-0.39, 0.29) is 11.3 Å². The average Bonchev–Trinajstić information content (AvgIpc) is 2.40. The van der Waals surface area contributed by atoms with Crippen molar-refractivity contribution in [3.8, 4) is 11.5 Å². The van der Waals surface area contributed by atoms with Gasteiger partial charge < -0.3 is 15.6 Å². The molecule has 1 aromatic heterocycles. The normalized spacial score (nSPS) is 10.3. The summed E-state index contributed by atoms with van der Waals surface area (Å²) < 4.78 is 5.71. The second-order valence-electron chi connectivity index (χ2n) is 4.41. The third-order valence-electron chi connectivity index (χ3n) is 2.86. The van der Waals surface area contributed by atoms with E-state index < -0.39 is 5.97 Å². The Bertz CT molecular complexity index is 654. The zero-order valence-corrected chi connectivity index (χ0v) is 11.4. The Kier molecular flexibility index (Phi) is 3.89. The van der Waals surface area contributed by atoms with E-state index in [0.29, 0.717) is 17.9 Å². The number of ether oxygens (including phenoxy) is 1. The largest absolute Gasteiger partial charge is 0.478 e. The molecule has 5 nitrogen and oxygen atoms in total. The smallest absolute Gasteiger partial charge is 0.339 e.